The molecule has 2 saturated heterocycles. The van der Waals surface area contributed by atoms with Gasteiger partial charge in [-0.2, -0.15) is 11.8 Å². The molecule has 0 radical (unpaired) electrons. The van der Waals surface area contributed by atoms with E-state index in [0.717, 1.165) is 43.0 Å². The van der Waals surface area contributed by atoms with E-state index in [2.05, 4.69) is 24.1 Å². The van der Waals surface area contributed by atoms with Crippen LogP contribution in [0.1, 0.15) is 33.1 Å². The number of carbonyl (C=O) groups is 1. The Balaban J connectivity index is 1.86. The number of nitrogens with zero attached hydrogens (tertiary/aromatic N) is 1. The van der Waals surface area contributed by atoms with Crippen molar-refractivity contribution >= 4 is 17.7 Å². The first kappa shape index (κ1) is 14.2. The summed E-state index contributed by atoms with van der Waals surface area (Å²) in [6.07, 6.45) is 3.64. The average molecular weight is 270 g/mol. The van der Waals surface area contributed by atoms with Crippen LogP contribution in [0.4, 0.5) is 0 Å². The van der Waals surface area contributed by atoms with Gasteiger partial charge in [0.25, 0.3) is 0 Å². The average Bonchev–Trinajstić information content (AvgIpc) is 2.64. The maximum Gasteiger partial charge on any atom is 0.240 e. The molecule has 1 N–H and O–H groups in total. The van der Waals surface area contributed by atoms with Crippen molar-refractivity contribution in [2.75, 3.05) is 31.1 Å². The molecule has 0 saturated carbocycles. The maximum absolute atomic E-state index is 12.4. The highest BCUT2D eigenvalue weighted by molar-refractivity contribution is 7.99. The number of amides is 1. The minimum Gasteiger partial charge on any atom is -0.341 e. The van der Waals surface area contributed by atoms with Gasteiger partial charge in [0.2, 0.25) is 5.91 Å². The molecule has 2 unspecified atom stereocenters. The van der Waals surface area contributed by atoms with Crippen LogP contribution in [0.3, 0.4) is 0 Å². The zero-order valence-corrected chi connectivity index (χ0v) is 12.5. The van der Waals surface area contributed by atoms with Crippen LogP contribution in [0.25, 0.3) is 0 Å². The largest absolute Gasteiger partial charge is 0.341 e. The van der Waals surface area contributed by atoms with Gasteiger partial charge in [-0.1, -0.05) is 13.8 Å². The van der Waals surface area contributed by atoms with E-state index in [9.17, 15) is 4.79 Å². The van der Waals surface area contributed by atoms with Gasteiger partial charge >= 0.3 is 0 Å². The van der Waals surface area contributed by atoms with Crippen molar-refractivity contribution in [3.8, 4) is 0 Å². The van der Waals surface area contributed by atoms with Gasteiger partial charge in [-0.05, 0) is 31.1 Å². The second-order valence-corrected chi connectivity index (χ2v) is 6.99. The lowest BCUT2D eigenvalue weighted by Crippen LogP contribution is -2.50. The van der Waals surface area contributed by atoms with Crippen LogP contribution in [-0.4, -0.2) is 48.0 Å². The highest BCUT2D eigenvalue weighted by Crippen LogP contribution is 2.25. The van der Waals surface area contributed by atoms with Crippen molar-refractivity contribution < 1.29 is 4.79 Å². The molecule has 2 heterocycles. The fourth-order valence-electron chi connectivity index (χ4n) is 2.95. The predicted molar refractivity (Wildman–Crippen MR) is 77.9 cm³/mol. The Morgan fingerprint density at radius 2 is 2.17 bits per heavy atom. The fraction of sp³-hybridized carbons (Fsp3) is 0.929. The Labute approximate surface area is 115 Å². The van der Waals surface area contributed by atoms with E-state index in [4.69, 9.17) is 0 Å². The van der Waals surface area contributed by atoms with Crippen molar-refractivity contribution in [1.82, 2.24) is 10.2 Å². The summed E-state index contributed by atoms with van der Waals surface area (Å²) in [5.41, 5.74) is 0. The molecule has 2 rings (SSSR count). The second-order valence-electron chi connectivity index (χ2n) is 5.84. The summed E-state index contributed by atoms with van der Waals surface area (Å²) in [6, 6.07) is 0.0688. The van der Waals surface area contributed by atoms with Crippen LogP contribution in [-0.2, 0) is 4.79 Å². The molecule has 4 heteroatoms. The lowest BCUT2D eigenvalue weighted by atomic mass is 9.89. The third-order valence-corrected chi connectivity index (χ3v) is 5.31. The van der Waals surface area contributed by atoms with E-state index >= 15 is 0 Å². The van der Waals surface area contributed by atoms with Crippen LogP contribution in [0.5, 0.6) is 0 Å². The number of hydrogen-bond acceptors (Lipinski definition) is 3. The zero-order valence-electron chi connectivity index (χ0n) is 11.7. The van der Waals surface area contributed by atoms with Gasteiger partial charge in [-0.3, -0.25) is 4.79 Å². The normalized spacial score (nSPS) is 30.3. The van der Waals surface area contributed by atoms with E-state index < -0.39 is 0 Å². The number of hydrogen-bond donors (Lipinski definition) is 1. The van der Waals surface area contributed by atoms with Gasteiger partial charge in [-0.25, -0.2) is 0 Å². The minimum absolute atomic E-state index is 0.0688. The molecular formula is C14H26N2OS. The van der Waals surface area contributed by atoms with Crippen LogP contribution < -0.4 is 5.32 Å². The summed E-state index contributed by atoms with van der Waals surface area (Å²) in [6.45, 7) is 7.52. The number of thioether (sulfide) groups is 1. The summed E-state index contributed by atoms with van der Waals surface area (Å²) < 4.78 is 0. The SMILES string of the molecule is CC(C)C1CCCN(C(=O)C2CSCCN2)CC1. The van der Waals surface area contributed by atoms with Crippen LogP contribution in [0.15, 0.2) is 0 Å². The zero-order chi connectivity index (χ0) is 13.0. The molecule has 0 aliphatic carbocycles. The molecule has 2 fully saturated rings. The van der Waals surface area contributed by atoms with E-state index in [1.807, 2.05) is 11.8 Å². The van der Waals surface area contributed by atoms with E-state index in [0.29, 0.717) is 5.91 Å². The third-order valence-electron chi connectivity index (χ3n) is 4.25. The molecule has 2 aliphatic rings. The van der Waals surface area contributed by atoms with E-state index in [1.54, 1.807) is 0 Å². The quantitative estimate of drug-likeness (QED) is 0.833. The first-order valence-corrected chi connectivity index (χ1v) is 8.44. The summed E-state index contributed by atoms with van der Waals surface area (Å²) in [5, 5.41) is 3.36. The number of likely N-dealkylation sites (tertiary alicyclic amines) is 1. The molecule has 0 spiro atoms. The molecule has 0 aromatic rings. The molecule has 0 bridgehead atoms. The van der Waals surface area contributed by atoms with Gasteiger partial charge in [-0.15, -0.1) is 0 Å². The van der Waals surface area contributed by atoms with Gasteiger partial charge < -0.3 is 10.2 Å². The standard InChI is InChI=1S/C14H26N2OS/c1-11(2)12-4-3-7-16(8-5-12)14(17)13-10-18-9-6-15-13/h11-13,15H,3-10H2,1-2H3. The Morgan fingerprint density at radius 1 is 1.33 bits per heavy atom. The lowest BCUT2D eigenvalue weighted by Gasteiger charge is -2.29. The van der Waals surface area contributed by atoms with E-state index in [1.165, 1.54) is 19.3 Å². The Hall–Kier alpha value is -0.220. The number of carbonyl (C=O) groups excluding carboxylic acids is 1. The Bertz CT molecular complexity index is 277. The molecular weight excluding hydrogens is 244 g/mol. The lowest BCUT2D eigenvalue weighted by molar-refractivity contribution is -0.132. The smallest absolute Gasteiger partial charge is 0.240 e. The molecule has 0 aromatic heterocycles. The van der Waals surface area contributed by atoms with Crippen LogP contribution in [0.2, 0.25) is 0 Å². The van der Waals surface area contributed by atoms with Gasteiger partial charge in [0.1, 0.15) is 0 Å². The topological polar surface area (TPSA) is 32.3 Å². The minimum atomic E-state index is 0.0688. The molecule has 2 atom stereocenters. The van der Waals surface area contributed by atoms with Crippen molar-refractivity contribution in [3.05, 3.63) is 0 Å². The van der Waals surface area contributed by atoms with E-state index in [-0.39, 0.29) is 6.04 Å². The van der Waals surface area contributed by atoms with Crippen molar-refractivity contribution in [2.45, 2.75) is 39.2 Å². The Kier molecular flexibility index (Phi) is 5.37. The van der Waals surface area contributed by atoms with Gasteiger partial charge in [0, 0.05) is 31.1 Å². The number of nitrogens with one attached hydrogen (secondary N) is 1. The first-order chi connectivity index (χ1) is 8.68. The van der Waals surface area contributed by atoms with Crippen LogP contribution >= 0.6 is 11.8 Å². The Morgan fingerprint density at radius 3 is 2.83 bits per heavy atom. The summed E-state index contributed by atoms with van der Waals surface area (Å²) in [7, 11) is 0. The van der Waals surface area contributed by atoms with Crippen molar-refractivity contribution in [3.63, 3.8) is 0 Å². The fourth-order valence-corrected chi connectivity index (χ4v) is 3.88. The molecule has 1 amide bonds. The summed E-state index contributed by atoms with van der Waals surface area (Å²) in [5.74, 6) is 3.98. The van der Waals surface area contributed by atoms with Gasteiger partial charge in [0.15, 0.2) is 0 Å². The highest BCUT2D eigenvalue weighted by Gasteiger charge is 2.28. The molecule has 0 aromatic carbocycles. The first-order valence-electron chi connectivity index (χ1n) is 7.28. The van der Waals surface area contributed by atoms with Crippen molar-refractivity contribution in [1.29, 1.82) is 0 Å². The predicted octanol–water partition coefficient (Wildman–Crippen LogP) is 1.98. The second kappa shape index (κ2) is 6.80. The van der Waals surface area contributed by atoms with Gasteiger partial charge in [0.05, 0.1) is 6.04 Å². The van der Waals surface area contributed by atoms with Crippen molar-refractivity contribution in [2.24, 2.45) is 11.8 Å². The maximum atomic E-state index is 12.4. The molecule has 3 nitrogen and oxygen atoms in total. The monoisotopic (exact) mass is 270 g/mol. The summed E-state index contributed by atoms with van der Waals surface area (Å²) in [4.78, 5) is 14.5. The van der Waals surface area contributed by atoms with Crippen LogP contribution in [0, 0.1) is 11.8 Å². The molecule has 18 heavy (non-hydrogen) atoms. The number of rotatable bonds is 2. The molecule has 104 valence electrons. The highest BCUT2D eigenvalue weighted by atomic mass is 32.2. The molecule has 2 aliphatic heterocycles. The third kappa shape index (κ3) is 3.64. The summed E-state index contributed by atoms with van der Waals surface area (Å²) >= 11 is 1.90.